The summed E-state index contributed by atoms with van der Waals surface area (Å²) < 4.78 is 5.56. The second kappa shape index (κ2) is 5.29. The number of ether oxygens (including phenoxy) is 1. The van der Waals surface area contributed by atoms with E-state index in [1.165, 1.54) is 0 Å². The Kier molecular flexibility index (Phi) is 3.76. The van der Waals surface area contributed by atoms with Crippen LogP contribution in [0.1, 0.15) is 20.2 Å². The molecule has 3 nitrogen and oxygen atoms in total. The highest BCUT2D eigenvalue weighted by atomic mass is 35.5. The molecular weight excluding hydrogens is 258 g/mol. The number of thiazole rings is 1. The molecule has 0 amide bonds. The molecule has 0 saturated carbocycles. The minimum Gasteiger partial charge on any atom is -0.487 e. The van der Waals surface area contributed by atoms with Crippen molar-refractivity contribution in [3.8, 4) is 5.75 Å². The molecule has 0 aliphatic carbocycles. The Morgan fingerprint density at radius 1 is 1.53 bits per heavy atom. The van der Waals surface area contributed by atoms with E-state index in [9.17, 15) is 4.79 Å². The van der Waals surface area contributed by atoms with Gasteiger partial charge in [0, 0.05) is 6.20 Å². The van der Waals surface area contributed by atoms with Crippen molar-refractivity contribution in [1.82, 2.24) is 4.98 Å². The molecule has 17 heavy (non-hydrogen) atoms. The predicted molar refractivity (Wildman–Crippen MR) is 68.0 cm³/mol. The van der Waals surface area contributed by atoms with E-state index in [4.69, 9.17) is 16.3 Å². The van der Waals surface area contributed by atoms with Crippen LogP contribution in [0.5, 0.6) is 5.75 Å². The summed E-state index contributed by atoms with van der Waals surface area (Å²) in [4.78, 5) is 16.0. The number of aldehydes is 1. The molecule has 0 N–H and O–H groups in total. The quantitative estimate of drug-likeness (QED) is 0.796. The maximum absolute atomic E-state index is 10.9. The molecule has 88 valence electrons. The standard InChI is InChI=1S/C12H10ClNO2S/c1-8-14-5-9(17-8)7-16-12-4-2-3-11(13)10(12)6-15/h2-6H,7H2,1H3. The molecule has 0 fully saturated rings. The lowest BCUT2D eigenvalue weighted by molar-refractivity contribution is 0.111. The first kappa shape index (κ1) is 12.1. The van der Waals surface area contributed by atoms with Gasteiger partial charge >= 0.3 is 0 Å². The van der Waals surface area contributed by atoms with Crippen molar-refractivity contribution in [2.24, 2.45) is 0 Å². The van der Waals surface area contributed by atoms with E-state index in [2.05, 4.69) is 4.98 Å². The van der Waals surface area contributed by atoms with Crippen LogP contribution in [0.25, 0.3) is 0 Å². The molecule has 5 heteroatoms. The van der Waals surface area contributed by atoms with E-state index >= 15 is 0 Å². The van der Waals surface area contributed by atoms with Gasteiger partial charge in [-0.05, 0) is 19.1 Å². The van der Waals surface area contributed by atoms with E-state index in [0.29, 0.717) is 29.2 Å². The first-order valence-electron chi connectivity index (χ1n) is 4.98. The zero-order chi connectivity index (χ0) is 12.3. The molecule has 1 heterocycles. The van der Waals surface area contributed by atoms with Gasteiger partial charge < -0.3 is 4.74 Å². The summed E-state index contributed by atoms with van der Waals surface area (Å²) in [5, 5.41) is 1.39. The van der Waals surface area contributed by atoms with E-state index in [1.54, 1.807) is 35.7 Å². The molecule has 0 unspecified atom stereocenters. The van der Waals surface area contributed by atoms with Gasteiger partial charge in [0.25, 0.3) is 0 Å². The van der Waals surface area contributed by atoms with Crippen molar-refractivity contribution in [3.05, 3.63) is 44.9 Å². The van der Waals surface area contributed by atoms with Crippen LogP contribution in [0.4, 0.5) is 0 Å². The van der Waals surface area contributed by atoms with E-state index in [-0.39, 0.29) is 0 Å². The fourth-order valence-corrected chi connectivity index (χ4v) is 2.30. The minimum absolute atomic E-state index is 0.385. The third kappa shape index (κ3) is 2.84. The topological polar surface area (TPSA) is 39.2 Å². The number of aromatic nitrogens is 1. The molecule has 0 bridgehead atoms. The Morgan fingerprint density at radius 3 is 3.00 bits per heavy atom. The Morgan fingerprint density at radius 2 is 2.35 bits per heavy atom. The number of hydrogen-bond donors (Lipinski definition) is 0. The molecule has 2 rings (SSSR count). The van der Waals surface area contributed by atoms with Crippen LogP contribution in [0.15, 0.2) is 24.4 Å². The first-order valence-corrected chi connectivity index (χ1v) is 6.18. The van der Waals surface area contributed by atoms with Crippen molar-refractivity contribution >= 4 is 29.2 Å². The Hall–Kier alpha value is -1.39. The van der Waals surface area contributed by atoms with Gasteiger partial charge in [-0.2, -0.15) is 0 Å². The molecular formula is C12H10ClNO2S. The first-order chi connectivity index (χ1) is 8.20. The average Bonchev–Trinajstić information content (AvgIpc) is 2.72. The third-order valence-corrected chi connectivity index (χ3v) is 3.39. The lowest BCUT2D eigenvalue weighted by Gasteiger charge is -2.07. The monoisotopic (exact) mass is 267 g/mol. The van der Waals surface area contributed by atoms with Crippen molar-refractivity contribution in [3.63, 3.8) is 0 Å². The molecule has 2 aromatic rings. The zero-order valence-electron chi connectivity index (χ0n) is 9.14. The number of hydrogen-bond acceptors (Lipinski definition) is 4. The number of nitrogens with zero attached hydrogens (tertiary/aromatic N) is 1. The fourth-order valence-electron chi connectivity index (χ4n) is 1.38. The molecule has 0 saturated heterocycles. The number of carbonyl (C=O) groups is 1. The maximum Gasteiger partial charge on any atom is 0.155 e. The highest BCUT2D eigenvalue weighted by Gasteiger charge is 2.08. The molecule has 0 aliphatic rings. The summed E-state index contributed by atoms with van der Waals surface area (Å²) in [7, 11) is 0. The van der Waals surface area contributed by atoms with Gasteiger partial charge in [0.15, 0.2) is 6.29 Å². The summed E-state index contributed by atoms with van der Waals surface area (Å²) in [5.74, 6) is 0.499. The largest absolute Gasteiger partial charge is 0.487 e. The van der Waals surface area contributed by atoms with Crippen LogP contribution in [0, 0.1) is 6.92 Å². The molecule has 0 radical (unpaired) electrons. The second-order valence-corrected chi connectivity index (χ2v) is 5.13. The second-order valence-electron chi connectivity index (χ2n) is 3.40. The third-order valence-electron chi connectivity index (χ3n) is 2.17. The molecule has 1 aromatic heterocycles. The summed E-state index contributed by atoms with van der Waals surface area (Å²) in [6.45, 7) is 2.33. The maximum atomic E-state index is 10.9. The number of halogens is 1. The van der Waals surface area contributed by atoms with Gasteiger partial charge in [0.05, 0.1) is 20.5 Å². The van der Waals surface area contributed by atoms with Crippen molar-refractivity contribution in [2.45, 2.75) is 13.5 Å². The fraction of sp³-hybridized carbons (Fsp3) is 0.167. The van der Waals surface area contributed by atoms with Crippen LogP contribution in [0.3, 0.4) is 0 Å². The summed E-state index contributed by atoms with van der Waals surface area (Å²) in [5.41, 5.74) is 0.385. The van der Waals surface area contributed by atoms with Crippen molar-refractivity contribution in [2.75, 3.05) is 0 Å². The Labute approximate surface area is 108 Å². The number of rotatable bonds is 4. The normalized spacial score (nSPS) is 10.2. The smallest absolute Gasteiger partial charge is 0.155 e. The highest BCUT2D eigenvalue weighted by molar-refractivity contribution is 7.11. The van der Waals surface area contributed by atoms with Crippen LogP contribution in [-0.2, 0) is 6.61 Å². The highest BCUT2D eigenvalue weighted by Crippen LogP contribution is 2.25. The van der Waals surface area contributed by atoms with Crippen LogP contribution >= 0.6 is 22.9 Å². The molecule has 1 aromatic carbocycles. The van der Waals surface area contributed by atoms with Gasteiger partial charge in [0.1, 0.15) is 12.4 Å². The molecule has 0 atom stereocenters. The van der Waals surface area contributed by atoms with Gasteiger partial charge in [-0.25, -0.2) is 4.98 Å². The number of aryl methyl sites for hydroxylation is 1. The van der Waals surface area contributed by atoms with Crippen molar-refractivity contribution in [1.29, 1.82) is 0 Å². The van der Waals surface area contributed by atoms with Crippen molar-refractivity contribution < 1.29 is 9.53 Å². The summed E-state index contributed by atoms with van der Waals surface area (Å²) in [6, 6.07) is 5.14. The lowest BCUT2D eigenvalue weighted by atomic mass is 10.2. The van der Waals surface area contributed by atoms with Crippen LogP contribution < -0.4 is 4.74 Å². The van der Waals surface area contributed by atoms with E-state index in [0.717, 1.165) is 9.88 Å². The summed E-state index contributed by atoms with van der Waals surface area (Å²) in [6.07, 6.45) is 2.47. The molecule has 0 aliphatic heterocycles. The van der Waals surface area contributed by atoms with Gasteiger partial charge in [0.2, 0.25) is 0 Å². The van der Waals surface area contributed by atoms with Gasteiger partial charge in [-0.3, -0.25) is 4.79 Å². The molecule has 0 spiro atoms. The zero-order valence-corrected chi connectivity index (χ0v) is 10.7. The van der Waals surface area contributed by atoms with E-state index < -0.39 is 0 Å². The van der Waals surface area contributed by atoms with Crippen LogP contribution in [-0.4, -0.2) is 11.3 Å². The van der Waals surface area contributed by atoms with E-state index in [1.807, 2.05) is 6.92 Å². The number of benzene rings is 1. The Balaban J connectivity index is 2.14. The number of carbonyl (C=O) groups excluding carboxylic acids is 1. The lowest BCUT2D eigenvalue weighted by Crippen LogP contribution is -1.97. The van der Waals surface area contributed by atoms with Gasteiger partial charge in [-0.15, -0.1) is 11.3 Å². The predicted octanol–water partition coefficient (Wildman–Crippen LogP) is 3.50. The SMILES string of the molecule is Cc1ncc(COc2cccc(Cl)c2C=O)s1. The summed E-state index contributed by atoms with van der Waals surface area (Å²) >= 11 is 7.46. The average molecular weight is 268 g/mol. The van der Waals surface area contributed by atoms with Gasteiger partial charge in [-0.1, -0.05) is 17.7 Å². The van der Waals surface area contributed by atoms with Crippen LogP contribution in [0.2, 0.25) is 5.02 Å². The minimum atomic E-state index is 0.385. The Bertz CT molecular complexity index is 539.